The average molecular weight is 385 g/mol. The van der Waals surface area contributed by atoms with E-state index in [1.807, 2.05) is 18.2 Å². The molecule has 142 valence electrons. The van der Waals surface area contributed by atoms with E-state index in [2.05, 4.69) is 46.7 Å². The zero-order chi connectivity index (χ0) is 18.6. The number of hydrogen-bond donors (Lipinski definition) is 2. The van der Waals surface area contributed by atoms with Gasteiger partial charge >= 0.3 is 0 Å². The van der Waals surface area contributed by atoms with Crippen molar-refractivity contribution < 1.29 is 14.2 Å². The Morgan fingerprint density at radius 2 is 1.78 bits per heavy atom. The number of ether oxygens (including phenoxy) is 3. The van der Waals surface area contributed by atoms with E-state index in [0.717, 1.165) is 43.5 Å². The van der Waals surface area contributed by atoms with E-state index in [4.69, 9.17) is 26.4 Å². The first-order valence-electron chi connectivity index (χ1n) is 9.09. The molecule has 2 heterocycles. The molecule has 0 bridgehead atoms. The SMILES string of the molecule is C[C@@H](NC(=S)Nc1ccc2c(c1)OCO2)c1ccc(N2CCOCC2)cc1. The molecule has 2 aromatic carbocycles. The van der Waals surface area contributed by atoms with Crippen molar-refractivity contribution in [2.24, 2.45) is 0 Å². The van der Waals surface area contributed by atoms with E-state index in [9.17, 15) is 0 Å². The molecule has 2 N–H and O–H groups in total. The molecular formula is C20H23N3O3S. The van der Waals surface area contributed by atoms with Crippen LogP contribution in [-0.2, 0) is 4.74 Å². The van der Waals surface area contributed by atoms with Gasteiger partial charge in [0.2, 0.25) is 6.79 Å². The van der Waals surface area contributed by atoms with Crippen molar-refractivity contribution in [3.05, 3.63) is 48.0 Å². The van der Waals surface area contributed by atoms with Crippen molar-refractivity contribution in [3.8, 4) is 11.5 Å². The molecule has 0 spiro atoms. The highest BCUT2D eigenvalue weighted by atomic mass is 32.1. The molecule has 2 aromatic rings. The molecular weight excluding hydrogens is 362 g/mol. The van der Waals surface area contributed by atoms with E-state index in [0.29, 0.717) is 5.11 Å². The second-order valence-corrected chi connectivity index (χ2v) is 6.99. The Morgan fingerprint density at radius 1 is 1.04 bits per heavy atom. The molecule has 0 radical (unpaired) electrons. The van der Waals surface area contributed by atoms with E-state index >= 15 is 0 Å². The minimum atomic E-state index is 0.0951. The Bertz CT molecular complexity index is 807. The van der Waals surface area contributed by atoms with Crippen molar-refractivity contribution in [1.29, 1.82) is 0 Å². The maximum Gasteiger partial charge on any atom is 0.231 e. The van der Waals surface area contributed by atoms with Crippen LogP contribution in [0.2, 0.25) is 0 Å². The predicted molar refractivity (Wildman–Crippen MR) is 110 cm³/mol. The third-order valence-corrected chi connectivity index (χ3v) is 4.97. The number of rotatable bonds is 4. The molecule has 0 saturated carbocycles. The molecule has 6 nitrogen and oxygen atoms in total. The normalized spacial score (nSPS) is 16.7. The highest BCUT2D eigenvalue weighted by molar-refractivity contribution is 7.80. The Hall–Kier alpha value is -2.51. The first-order valence-corrected chi connectivity index (χ1v) is 9.50. The number of benzene rings is 2. The minimum Gasteiger partial charge on any atom is -0.454 e. The van der Waals surface area contributed by atoms with Crippen molar-refractivity contribution in [2.45, 2.75) is 13.0 Å². The summed E-state index contributed by atoms with van der Waals surface area (Å²) in [5.41, 5.74) is 3.28. The number of thiocarbonyl (C=S) groups is 1. The first kappa shape index (κ1) is 17.9. The quantitative estimate of drug-likeness (QED) is 0.783. The number of fused-ring (bicyclic) bond motifs is 1. The lowest BCUT2D eigenvalue weighted by Crippen LogP contribution is -2.36. The molecule has 2 aliphatic rings. The van der Waals surface area contributed by atoms with Crippen LogP contribution in [0.1, 0.15) is 18.5 Å². The lowest BCUT2D eigenvalue weighted by atomic mass is 10.1. The zero-order valence-corrected chi connectivity index (χ0v) is 16.1. The summed E-state index contributed by atoms with van der Waals surface area (Å²) in [6.45, 7) is 5.82. The Labute approximate surface area is 164 Å². The second kappa shape index (κ2) is 8.02. The number of nitrogens with zero attached hydrogens (tertiary/aromatic N) is 1. The maximum atomic E-state index is 5.45. The Kier molecular flexibility index (Phi) is 5.31. The fourth-order valence-corrected chi connectivity index (χ4v) is 3.51. The summed E-state index contributed by atoms with van der Waals surface area (Å²) in [4.78, 5) is 2.34. The predicted octanol–water partition coefficient (Wildman–Crippen LogP) is 3.30. The van der Waals surface area contributed by atoms with Crippen LogP contribution in [0, 0.1) is 0 Å². The van der Waals surface area contributed by atoms with Gasteiger partial charge in [0, 0.05) is 30.5 Å². The molecule has 0 aromatic heterocycles. The largest absolute Gasteiger partial charge is 0.454 e. The molecule has 0 unspecified atom stereocenters. The van der Waals surface area contributed by atoms with Gasteiger partial charge in [-0.05, 0) is 49.0 Å². The number of nitrogens with one attached hydrogen (secondary N) is 2. The van der Waals surface area contributed by atoms with Crippen molar-refractivity contribution in [3.63, 3.8) is 0 Å². The van der Waals surface area contributed by atoms with Crippen LogP contribution in [0.15, 0.2) is 42.5 Å². The van der Waals surface area contributed by atoms with Gasteiger partial charge < -0.3 is 29.7 Å². The van der Waals surface area contributed by atoms with E-state index < -0.39 is 0 Å². The standard InChI is InChI=1S/C20H23N3O3S/c1-14(15-2-5-17(6-3-15)23-8-10-24-11-9-23)21-20(27)22-16-4-7-18-19(12-16)26-13-25-18/h2-7,12,14H,8-11,13H2,1H3,(H2,21,22,27)/t14-/m1/s1. The molecule has 7 heteroatoms. The van der Waals surface area contributed by atoms with E-state index in [-0.39, 0.29) is 12.8 Å². The highest BCUT2D eigenvalue weighted by Gasteiger charge is 2.15. The summed E-state index contributed by atoms with van der Waals surface area (Å²) in [6.07, 6.45) is 0. The smallest absolute Gasteiger partial charge is 0.231 e. The van der Waals surface area contributed by atoms with Gasteiger partial charge in [0.1, 0.15) is 0 Å². The molecule has 1 saturated heterocycles. The topological polar surface area (TPSA) is 55.0 Å². The number of anilines is 2. The van der Waals surface area contributed by atoms with E-state index in [1.165, 1.54) is 11.3 Å². The monoisotopic (exact) mass is 385 g/mol. The summed E-state index contributed by atoms with van der Waals surface area (Å²) >= 11 is 5.45. The third kappa shape index (κ3) is 4.26. The van der Waals surface area contributed by atoms with Crippen LogP contribution >= 0.6 is 12.2 Å². The van der Waals surface area contributed by atoms with Crippen molar-refractivity contribution >= 4 is 28.7 Å². The fraction of sp³-hybridized carbons (Fsp3) is 0.350. The summed E-state index contributed by atoms with van der Waals surface area (Å²) in [7, 11) is 0. The van der Waals surface area contributed by atoms with Gasteiger partial charge in [-0.1, -0.05) is 12.1 Å². The fourth-order valence-electron chi connectivity index (χ4n) is 3.22. The van der Waals surface area contributed by atoms with Gasteiger partial charge in [0.25, 0.3) is 0 Å². The van der Waals surface area contributed by atoms with Crippen LogP contribution in [0.5, 0.6) is 11.5 Å². The Morgan fingerprint density at radius 3 is 2.56 bits per heavy atom. The average Bonchev–Trinajstić information content (AvgIpc) is 3.16. The van der Waals surface area contributed by atoms with Crippen LogP contribution in [-0.4, -0.2) is 38.2 Å². The van der Waals surface area contributed by atoms with E-state index in [1.54, 1.807) is 0 Å². The Balaban J connectivity index is 1.34. The maximum absolute atomic E-state index is 5.45. The first-order chi connectivity index (χ1) is 13.2. The summed E-state index contributed by atoms with van der Waals surface area (Å²) in [6, 6.07) is 14.4. The number of hydrogen-bond acceptors (Lipinski definition) is 5. The third-order valence-electron chi connectivity index (χ3n) is 4.75. The molecule has 1 fully saturated rings. The lowest BCUT2D eigenvalue weighted by molar-refractivity contribution is 0.122. The van der Waals surface area contributed by atoms with Gasteiger partial charge in [0.05, 0.1) is 19.3 Å². The molecule has 1 atom stereocenters. The molecule has 2 aliphatic heterocycles. The minimum absolute atomic E-state index is 0.0951. The lowest BCUT2D eigenvalue weighted by Gasteiger charge is -2.29. The molecule has 27 heavy (non-hydrogen) atoms. The van der Waals surface area contributed by atoms with Crippen molar-refractivity contribution in [2.75, 3.05) is 43.3 Å². The van der Waals surface area contributed by atoms with Crippen LogP contribution < -0.4 is 25.0 Å². The van der Waals surface area contributed by atoms with Gasteiger partial charge in [-0.15, -0.1) is 0 Å². The highest BCUT2D eigenvalue weighted by Crippen LogP contribution is 2.34. The van der Waals surface area contributed by atoms with Crippen LogP contribution in [0.25, 0.3) is 0 Å². The van der Waals surface area contributed by atoms with Crippen LogP contribution in [0.3, 0.4) is 0 Å². The summed E-state index contributed by atoms with van der Waals surface area (Å²) in [5.74, 6) is 1.49. The van der Waals surface area contributed by atoms with Gasteiger partial charge in [-0.25, -0.2) is 0 Å². The zero-order valence-electron chi connectivity index (χ0n) is 15.2. The van der Waals surface area contributed by atoms with Crippen LogP contribution in [0.4, 0.5) is 11.4 Å². The summed E-state index contributed by atoms with van der Waals surface area (Å²) < 4.78 is 16.1. The molecule has 0 aliphatic carbocycles. The summed E-state index contributed by atoms with van der Waals surface area (Å²) in [5, 5.41) is 7.09. The number of morpholine rings is 1. The second-order valence-electron chi connectivity index (χ2n) is 6.58. The van der Waals surface area contributed by atoms with Gasteiger partial charge in [-0.2, -0.15) is 0 Å². The molecule has 4 rings (SSSR count). The van der Waals surface area contributed by atoms with Gasteiger partial charge in [-0.3, -0.25) is 0 Å². The molecule has 0 amide bonds. The van der Waals surface area contributed by atoms with Gasteiger partial charge in [0.15, 0.2) is 16.6 Å². The van der Waals surface area contributed by atoms with Crippen molar-refractivity contribution in [1.82, 2.24) is 5.32 Å².